The average molecular weight is 453 g/mol. The summed E-state index contributed by atoms with van der Waals surface area (Å²) in [4.78, 5) is 33.1. The molecule has 0 aliphatic carbocycles. The molecule has 1 aromatic carbocycles. The Balaban J connectivity index is 2.01. The van der Waals surface area contributed by atoms with Gasteiger partial charge in [0.2, 0.25) is 5.95 Å². The number of fused-ring (bicyclic) bond motifs is 1. The fourth-order valence-electron chi connectivity index (χ4n) is 2.77. The first-order valence-corrected chi connectivity index (χ1v) is 11.8. The van der Waals surface area contributed by atoms with Crippen molar-refractivity contribution in [3.05, 3.63) is 30.6 Å². The van der Waals surface area contributed by atoms with Crippen molar-refractivity contribution in [3.8, 4) is 5.75 Å². The normalized spacial score (nSPS) is 12.9. The van der Waals surface area contributed by atoms with Crippen LogP contribution in [0.15, 0.2) is 40.5 Å². The Morgan fingerprint density at radius 3 is 2.77 bits per heavy atom. The van der Waals surface area contributed by atoms with Crippen LogP contribution in [0.4, 0.5) is 5.95 Å². The lowest BCUT2D eigenvalue weighted by atomic mass is 10.3. The van der Waals surface area contributed by atoms with Crippen LogP contribution >= 0.6 is 19.4 Å². The zero-order valence-corrected chi connectivity index (χ0v) is 18.3. The van der Waals surface area contributed by atoms with Crippen LogP contribution in [0.5, 0.6) is 5.75 Å². The van der Waals surface area contributed by atoms with Crippen molar-refractivity contribution in [1.82, 2.24) is 19.5 Å². The number of benzene rings is 1. The van der Waals surface area contributed by atoms with Gasteiger partial charge in [0.15, 0.2) is 11.4 Å². The van der Waals surface area contributed by atoms with Gasteiger partial charge in [-0.05, 0) is 18.6 Å². The van der Waals surface area contributed by atoms with E-state index in [4.69, 9.17) is 15.2 Å². The van der Waals surface area contributed by atoms with E-state index in [-0.39, 0.29) is 18.2 Å². The summed E-state index contributed by atoms with van der Waals surface area (Å²) >= 11 is 1.30. The van der Waals surface area contributed by atoms with Crippen LogP contribution in [0, 0.1) is 0 Å². The molecule has 10 nitrogen and oxygen atoms in total. The van der Waals surface area contributed by atoms with Gasteiger partial charge in [-0.3, -0.25) is 9.13 Å². The molecular formula is C18H24N5O5PS. The Hall–Kier alpha value is -2.17. The third-order valence-electron chi connectivity index (χ3n) is 4.24. The van der Waals surface area contributed by atoms with Gasteiger partial charge in [-0.25, -0.2) is 9.97 Å². The summed E-state index contributed by atoms with van der Waals surface area (Å²) in [5.41, 5.74) is 6.50. The third-order valence-corrected chi connectivity index (χ3v) is 6.45. The van der Waals surface area contributed by atoms with Crippen LogP contribution in [0.25, 0.3) is 11.2 Å². The topological polar surface area (TPSA) is 146 Å². The number of aromatic nitrogens is 4. The van der Waals surface area contributed by atoms with E-state index in [1.165, 1.54) is 29.8 Å². The van der Waals surface area contributed by atoms with Gasteiger partial charge in [-0.2, -0.15) is 4.98 Å². The Morgan fingerprint density at radius 2 is 2.07 bits per heavy atom. The molecule has 0 saturated carbocycles. The van der Waals surface area contributed by atoms with Crippen LogP contribution in [0.3, 0.4) is 0 Å². The molecule has 30 heavy (non-hydrogen) atoms. The summed E-state index contributed by atoms with van der Waals surface area (Å²) in [7, 11) is -3.17. The molecule has 0 amide bonds. The highest BCUT2D eigenvalue weighted by atomic mass is 32.2. The first-order valence-electron chi connectivity index (χ1n) is 9.29. The predicted octanol–water partition coefficient (Wildman–Crippen LogP) is 3.06. The number of imidazole rings is 1. The lowest BCUT2D eigenvalue weighted by Gasteiger charge is -2.19. The SMILES string of the molecule is CCCCOc1ccccc1Sc1nc(N)nc2c1ncn2C(COC)P(=O)(O)O. The first-order chi connectivity index (χ1) is 14.3. The summed E-state index contributed by atoms with van der Waals surface area (Å²) in [5, 5.41) is 0.463. The van der Waals surface area contributed by atoms with Crippen LogP contribution in [0.1, 0.15) is 25.5 Å². The van der Waals surface area contributed by atoms with Gasteiger partial charge in [0.05, 0.1) is 24.4 Å². The number of nitrogens with two attached hydrogens (primary N) is 1. The molecule has 2 aromatic heterocycles. The second kappa shape index (κ2) is 9.76. The molecule has 0 spiro atoms. The number of unbranched alkanes of at least 4 members (excludes halogenated alkanes) is 1. The smallest absolute Gasteiger partial charge is 0.350 e. The molecule has 4 N–H and O–H groups in total. The van der Waals surface area contributed by atoms with E-state index in [0.717, 1.165) is 17.7 Å². The number of methoxy groups -OCH3 is 1. The van der Waals surface area contributed by atoms with Gasteiger partial charge < -0.3 is 25.0 Å². The highest BCUT2D eigenvalue weighted by Crippen LogP contribution is 2.50. The molecule has 3 aromatic rings. The summed E-state index contributed by atoms with van der Waals surface area (Å²) in [6, 6.07) is 7.55. The summed E-state index contributed by atoms with van der Waals surface area (Å²) in [5.74, 6) is -0.587. The number of nitrogens with zero attached hydrogens (tertiary/aromatic N) is 4. The molecule has 0 fully saturated rings. The molecule has 1 atom stereocenters. The van der Waals surface area contributed by atoms with E-state index in [1.54, 1.807) is 0 Å². The monoisotopic (exact) mass is 453 g/mol. The zero-order chi connectivity index (χ0) is 21.7. The fraction of sp³-hybridized carbons (Fsp3) is 0.389. The molecule has 162 valence electrons. The van der Waals surface area contributed by atoms with Crippen molar-refractivity contribution in [2.75, 3.05) is 26.1 Å². The van der Waals surface area contributed by atoms with Crippen molar-refractivity contribution in [2.45, 2.75) is 35.5 Å². The molecule has 0 radical (unpaired) electrons. The molecule has 1 unspecified atom stereocenters. The largest absolute Gasteiger partial charge is 0.492 e. The van der Waals surface area contributed by atoms with Gasteiger partial charge in [0.1, 0.15) is 16.3 Å². The molecule has 0 bridgehead atoms. The van der Waals surface area contributed by atoms with Gasteiger partial charge in [-0.15, -0.1) is 0 Å². The van der Waals surface area contributed by atoms with Gasteiger partial charge in [0.25, 0.3) is 0 Å². The quantitative estimate of drug-likeness (QED) is 0.238. The number of hydrogen-bond acceptors (Lipinski definition) is 8. The minimum atomic E-state index is -4.54. The highest BCUT2D eigenvalue weighted by molar-refractivity contribution is 7.99. The van der Waals surface area contributed by atoms with Crippen LogP contribution in [-0.2, 0) is 9.30 Å². The number of nitrogen functional groups attached to an aromatic ring is 1. The Bertz CT molecular complexity index is 1060. The standard InChI is InChI=1S/C18H24N5O5PS/c1-3-4-9-28-12-7-5-6-8-13(12)30-17-15-16(21-18(19)22-17)23(11-20-15)14(10-27-2)29(24,25)26/h5-8,11,14H,3-4,9-10H2,1-2H3,(H2,19,21,22)(H2,24,25,26). The summed E-state index contributed by atoms with van der Waals surface area (Å²) < 4.78 is 24.1. The van der Waals surface area contributed by atoms with Crippen molar-refractivity contribution in [1.29, 1.82) is 0 Å². The summed E-state index contributed by atoms with van der Waals surface area (Å²) in [6.45, 7) is 2.48. The van der Waals surface area contributed by atoms with Crippen molar-refractivity contribution in [2.24, 2.45) is 0 Å². The number of para-hydroxylation sites is 1. The van der Waals surface area contributed by atoms with E-state index < -0.39 is 13.4 Å². The van der Waals surface area contributed by atoms with E-state index in [1.807, 2.05) is 24.3 Å². The Labute approximate surface area is 178 Å². The number of rotatable bonds is 10. The molecule has 2 heterocycles. The van der Waals surface area contributed by atoms with E-state index in [2.05, 4.69) is 21.9 Å². The number of ether oxygens (including phenoxy) is 2. The minimum Gasteiger partial charge on any atom is -0.492 e. The summed E-state index contributed by atoms with van der Waals surface area (Å²) in [6.07, 6.45) is 3.28. The van der Waals surface area contributed by atoms with Crippen LogP contribution in [0.2, 0.25) is 0 Å². The number of hydrogen-bond donors (Lipinski definition) is 3. The second-order valence-corrected chi connectivity index (χ2v) is 9.29. The maximum Gasteiger partial charge on any atom is 0.350 e. The number of anilines is 1. The molecule has 0 saturated heterocycles. The fourth-order valence-corrected chi connectivity index (χ4v) is 4.57. The van der Waals surface area contributed by atoms with Crippen LogP contribution < -0.4 is 10.5 Å². The van der Waals surface area contributed by atoms with Crippen molar-refractivity contribution < 1.29 is 23.8 Å². The van der Waals surface area contributed by atoms with E-state index >= 15 is 0 Å². The van der Waals surface area contributed by atoms with E-state index in [9.17, 15) is 14.4 Å². The first kappa shape index (κ1) is 22.5. The lowest BCUT2D eigenvalue weighted by molar-refractivity contribution is 0.169. The Kier molecular flexibility index (Phi) is 7.32. The molecule has 0 aliphatic rings. The predicted molar refractivity (Wildman–Crippen MR) is 114 cm³/mol. The highest BCUT2D eigenvalue weighted by Gasteiger charge is 2.32. The minimum absolute atomic E-state index is 0.0296. The van der Waals surface area contributed by atoms with Crippen molar-refractivity contribution >= 4 is 36.5 Å². The van der Waals surface area contributed by atoms with E-state index in [0.29, 0.717) is 22.9 Å². The molecule has 12 heteroatoms. The maximum atomic E-state index is 12.0. The molecule has 3 rings (SSSR count). The van der Waals surface area contributed by atoms with Gasteiger partial charge in [-0.1, -0.05) is 37.2 Å². The van der Waals surface area contributed by atoms with Gasteiger partial charge >= 0.3 is 7.60 Å². The maximum absolute atomic E-state index is 12.0. The van der Waals surface area contributed by atoms with Gasteiger partial charge in [0, 0.05) is 7.11 Å². The third kappa shape index (κ3) is 5.11. The molecular weight excluding hydrogens is 429 g/mol. The second-order valence-electron chi connectivity index (χ2n) is 6.49. The Morgan fingerprint density at radius 1 is 1.30 bits per heavy atom. The lowest BCUT2D eigenvalue weighted by Crippen LogP contribution is -2.15. The average Bonchev–Trinajstić information content (AvgIpc) is 3.10. The zero-order valence-electron chi connectivity index (χ0n) is 16.6. The molecule has 0 aliphatic heterocycles. The van der Waals surface area contributed by atoms with Crippen LogP contribution in [-0.4, -0.2) is 49.6 Å². The van der Waals surface area contributed by atoms with Crippen molar-refractivity contribution in [3.63, 3.8) is 0 Å².